The zero-order valence-electron chi connectivity index (χ0n) is 4.39. The summed E-state index contributed by atoms with van der Waals surface area (Å²) in [5.41, 5.74) is 6.31. The summed E-state index contributed by atoms with van der Waals surface area (Å²) >= 11 is 0. The van der Waals surface area contributed by atoms with Crippen LogP contribution in [0.5, 0.6) is 0 Å². The fraction of sp³-hybridized carbons (Fsp3) is 0.750. The average Bonchev–Trinajstić information content (AvgIpc) is 1.66. The van der Waals surface area contributed by atoms with E-state index in [1.165, 1.54) is 0 Å². The van der Waals surface area contributed by atoms with Crippen molar-refractivity contribution in [2.45, 2.75) is 0 Å². The van der Waals surface area contributed by atoms with E-state index < -0.39 is 5.91 Å². The van der Waals surface area contributed by atoms with E-state index in [0.29, 0.717) is 0 Å². The van der Waals surface area contributed by atoms with Gasteiger partial charge in [0.2, 0.25) is 0 Å². The highest BCUT2D eigenvalue weighted by molar-refractivity contribution is 5.74. The minimum atomic E-state index is -0.765. The van der Waals surface area contributed by atoms with Gasteiger partial charge in [-0.2, -0.15) is 0 Å². The van der Waals surface area contributed by atoms with Gasteiger partial charge in [0.15, 0.2) is 0 Å². The van der Waals surface area contributed by atoms with Crippen LogP contribution in [0, 0.1) is 0 Å². The number of carbonyl (C=O) groups excluding carboxylic acids is 1. The molecular weight excluding hydrogens is 110 g/mol. The number of hydrogen-bond donors (Lipinski definition) is 1. The number of nitrogens with one attached hydrogen (secondary N) is 1. The molecule has 0 aliphatic rings. The van der Waals surface area contributed by atoms with Crippen molar-refractivity contribution in [1.82, 2.24) is 5.73 Å². The predicted molar refractivity (Wildman–Crippen MR) is 26.0 cm³/mol. The first kappa shape index (κ1) is 7.39. The SMILES string of the molecule is [NH]C(=O)COCCO. The largest absolute Gasteiger partial charge is 0.394 e. The standard InChI is InChI=1S/C4H8NO3/c5-4(7)3-8-2-1-6/h5-6H,1-3H2. The number of hydrogen-bond acceptors (Lipinski definition) is 3. The van der Waals surface area contributed by atoms with Crippen molar-refractivity contribution in [3.8, 4) is 0 Å². The number of aliphatic hydroxyl groups is 1. The van der Waals surface area contributed by atoms with Gasteiger partial charge in [-0.05, 0) is 0 Å². The number of aliphatic hydroxyl groups excluding tert-OH is 1. The summed E-state index contributed by atoms with van der Waals surface area (Å²) in [7, 11) is 0. The van der Waals surface area contributed by atoms with Crippen molar-refractivity contribution < 1.29 is 14.6 Å². The van der Waals surface area contributed by atoms with Gasteiger partial charge in [0.1, 0.15) is 6.61 Å². The molecule has 47 valence electrons. The average molecular weight is 118 g/mol. The van der Waals surface area contributed by atoms with Gasteiger partial charge in [0, 0.05) is 0 Å². The van der Waals surface area contributed by atoms with Crippen LogP contribution < -0.4 is 5.73 Å². The van der Waals surface area contributed by atoms with Gasteiger partial charge >= 0.3 is 0 Å². The molecule has 2 N–H and O–H groups in total. The smallest absolute Gasteiger partial charge is 0.264 e. The molecule has 8 heavy (non-hydrogen) atoms. The summed E-state index contributed by atoms with van der Waals surface area (Å²) in [6, 6.07) is 0. The highest BCUT2D eigenvalue weighted by atomic mass is 16.5. The maximum atomic E-state index is 9.78. The van der Waals surface area contributed by atoms with Crippen LogP contribution in [0.15, 0.2) is 0 Å². The first-order valence-electron chi connectivity index (χ1n) is 2.20. The molecule has 0 rings (SSSR count). The van der Waals surface area contributed by atoms with E-state index in [-0.39, 0.29) is 19.8 Å². The second-order valence-electron chi connectivity index (χ2n) is 1.20. The molecule has 0 aliphatic heterocycles. The minimum absolute atomic E-state index is 0.104. The Morgan fingerprint density at radius 2 is 2.38 bits per heavy atom. The lowest BCUT2D eigenvalue weighted by molar-refractivity contribution is -0.123. The molecule has 0 saturated carbocycles. The Kier molecular flexibility index (Phi) is 4.20. The van der Waals surface area contributed by atoms with E-state index in [1.54, 1.807) is 0 Å². The normalized spacial score (nSPS) is 9.12. The third kappa shape index (κ3) is 5.39. The Bertz CT molecular complexity index is 73.7. The van der Waals surface area contributed by atoms with Gasteiger partial charge in [0.05, 0.1) is 13.2 Å². The summed E-state index contributed by atoms with van der Waals surface area (Å²) in [4.78, 5) is 9.78. The van der Waals surface area contributed by atoms with E-state index in [1.807, 2.05) is 0 Å². The molecule has 0 bridgehead atoms. The van der Waals surface area contributed by atoms with Gasteiger partial charge in [-0.15, -0.1) is 0 Å². The van der Waals surface area contributed by atoms with E-state index in [2.05, 4.69) is 4.74 Å². The monoisotopic (exact) mass is 118 g/mol. The topological polar surface area (TPSA) is 70.3 Å². The predicted octanol–water partition coefficient (Wildman–Crippen LogP) is -1.20. The first-order chi connectivity index (χ1) is 3.77. The van der Waals surface area contributed by atoms with Gasteiger partial charge in [-0.1, -0.05) is 0 Å². The molecule has 0 aromatic carbocycles. The molecule has 0 aliphatic carbocycles. The van der Waals surface area contributed by atoms with Crippen LogP contribution in [0.4, 0.5) is 0 Å². The number of carbonyl (C=O) groups is 1. The van der Waals surface area contributed by atoms with Crippen molar-refractivity contribution in [1.29, 1.82) is 0 Å². The van der Waals surface area contributed by atoms with Crippen LogP contribution in [0.2, 0.25) is 0 Å². The lowest BCUT2D eigenvalue weighted by atomic mass is 10.7. The molecule has 0 atom stereocenters. The van der Waals surface area contributed by atoms with Crippen LogP contribution in [0.1, 0.15) is 0 Å². The molecule has 0 aromatic heterocycles. The zero-order chi connectivity index (χ0) is 6.41. The Morgan fingerprint density at radius 1 is 1.75 bits per heavy atom. The second kappa shape index (κ2) is 4.55. The quantitative estimate of drug-likeness (QED) is 0.471. The molecule has 0 heterocycles. The van der Waals surface area contributed by atoms with Crippen LogP contribution in [0.3, 0.4) is 0 Å². The maximum Gasteiger partial charge on any atom is 0.264 e. The minimum Gasteiger partial charge on any atom is -0.394 e. The van der Waals surface area contributed by atoms with E-state index >= 15 is 0 Å². The summed E-state index contributed by atoms with van der Waals surface area (Å²) in [6.45, 7) is -0.196. The third-order valence-corrected chi connectivity index (χ3v) is 0.469. The molecule has 1 radical (unpaired) electrons. The third-order valence-electron chi connectivity index (χ3n) is 0.469. The van der Waals surface area contributed by atoms with E-state index in [0.717, 1.165) is 0 Å². The lowest BCUT2D eigenvalue weighted by Gasteiger charge is -1.93. The number of ether oxygens (including phenoxy) is 1. The molecule has 4 nitrogen and oxygen atoms in total. The van der Waals surface area contributed by atoms with E-state index in [4.69, 9.17) is 10.8 Å². The Hall–Kier alpha value is -0.610. The van der Waals surface area contributed by atoms with Crippen molar-refractivity contribution in [3.05, 3.63) is 0 Å². The summed E-state index contributed by atoms with van der Waals surface area (Å²) in [6.07, 6.45) is 0. The highest BCUT2D eigenvalue weighted by Gasteiger charge is 1.91. The van der Waals surface area contributed by atoms with Crippen molar-refractivity contribution in [3.63, 3.8) is 0 Å². The summed E-state index contributed by atoms with van der Waals surface area (Å²) in [5, 5.41) is 8.08. The molecule has 1 amide bonds. The van der Waals surface area contributed by atoms with Gasteiger partial charge in [0.25, 0.3) is 5.91 Å². The molecule has 0 unspecified atom stereocenters. The van der Waals surface area contributed by atoms with Crippen LogP contribution in [-0.4, -0.2) is 30.8 Å². The van der Waals surface area contributed by atoms with Crippen molar-refractivity contribution >= 4 is 5.91 Å². The molecule has 0 spiro atoms. The van der Waals surface area contributed by atoms with E-state index in [9.17, 15) is 4.79 Å². The number of rotatable bonds is 4. The first-order valence-corrected chi connectivity index (χ1v) is 2.20. The maximum absolute atomic E-state index is 9.78. The molecule has 4 heteroatoms. The van der Waals surface area contributed by atoms with Crippen molar-refractivity contribution in [2.75, 3.05) is 19.8 Å². The molecule has 0 saturated heterocycles. The summed E-state index contributed by atoms with van der Waals surface area (Å²) in [5.74, 6) is -0.765. The highest BCUT2D eigenvalue weighted by Crippen LogP contribution is 1.70. The fourth-order valence-electron chi connectivity index (χ4n) is 0.229. The molecule has 0 fully saturated rings. The Morgan fingerprint density at radius 3 is 2.75 bits per heavy atom. The van der Waals surface area contributed by atoms with Gasteiger partial charge in [-0.25, -0.2) is 0 Å². The van der Waals surface area contributed by atoms with Gasteiger partial charge in [-0.3, -0.25) is 10.5 Å². The Balaban J connectivity index is 2.82. The number of amides is 1. The second-order valence-corrected chi connectivity index (χ2v) is 1.20. The van der Waals surface area contributed by atoms with Crippen LogP contribution in [-0.2, 0) is 9.53 Å². The molecular formula is C4H8NO3. The zero-order valence-corrected chi connectivity index (χ0v) is 4.39. The lowest BCUT2D eigenvalue weighted by Crippen LogP contribution is -2.10. The summed E-state index contributed by atoms with van der Waals surface area (Å²) < 4.78 is 4.46. The Labute approximate surface area is 47.2 Å². The van der Waals surface area contributed by atoms with Crippen LogP contribution in [0.25, 0.3) is 0 Å². The van der Waals surface area contributed by atoms with Crippen LogP contribution >= 0.6 is 0 Å². The fourth-order valence-corrected chi connectivity index (χ4v) is 0.229. The van der Waals surface area contributed by atoms with Gasteiger partial charge < -0.3 is 9.84 Å². The van der Waals surface area contributed by atoms with Crippen molar-refractivity contribution in [2.24, 2.45) is 0 Å². The molecule has 0 aromatic rings.